The highest BCUT2D eigenvalue weighted by Gasteiger charge is 2.17. The number of likely N-dealkylation sites (N-methyl/N-ethyl adjacent to an activating group) is 1. The van der Waals surface area contributed by atoms with Crippen LogP contribution in [0.15, 0.2) is 24.3 Å². The summed E-state index contributed by atoms with van der Waals surface area (Å²) in [7, 11) is 4.72. The van der Waals surface area contributed by atoms with Crippen LogP contribution in [0.2, 0.25) is 0 Å². The van der Waals surface area contributed by atoms with Gasteiger partial charge in [0.1, 0.15) is 0 Å². The number of sulfonamides is 1. The summed E-state index contributed by atoms with van der Waals surface area (Å²) in [5.41, 5.74) is 2.22. The number of hydrogen-bond acceptors (Lipinski definition) is 4. The standard InChI is InChI=1S/C14H25N3O2S/c1-6-20(18,19)15-11-14(17(4)5)12-7-9-13(10-8-12)16(2)3/h7-10,14-15H,6,11H2,1-5H3. The molecule has 0 spiro atoms. The van der Waals surface area contributed by atoms with E-state index in [4.69, 9.17) is 0 Å². The molecule has 0 aromatic heterocycles. The van der Waals surface area contributed by atoms with Gasteiger partial charge in [-0.2, -0.15) is 0 Å². The molecule has 0 heterocycles. The van der Waals surface area contributed by atoms with Gasteiger partial charge in [0.2, 0.25) is 10.0 Å². The Balaban J connectivity index is 2.86. The Morgan fingerprint density at radius 1 is 1.10 bits per heavy atom. The maximum absolute atomic E-state index is 11.6. The van der Waals surface area contributed by atoms with Crippen molar-refractivity contribution in [2.75, 3.05) is 45.4 Å². The van der Waals surface area contributed by atoms with Crippen molar-refractivity contribution >= 4 is 15.7 Å². The van der Waals surface area contributed by atoms with E-state index in [1.54, 1.807) is 6.92 Å². The molecule has 0 aliphatic carbocycles. The maximum Gasteiger partial charge on any atom is 0.211 e. The highest BCUT2D eigenvalue weighted by molar-refractivity contribution is 7.89. The van der Waals surface area contributed by atoms with Crippen LogP contribution >= 0.6 is 0 Å². The number of nitrogens with one attached hydrogen (secondary N) is 1. The van der Waals surface area contributed by atoms with E-state index in [1.807, 2.05) is 62.3 Å². The first-order valence-electron chi connectivity index (χ1n) is 6.68. The number of benzene rings is 1. The zero-order valence-corrected chi connectivity index (χ0v) is 13.7. The lowest BCUT2D eigenvalue weighted by atomic mass is 10.1. The minimum atomic E-state index is -3.16. The average molecular weight is 299 g/mol. The lowest BCUT2D eigenvalue weighted by molar-refractivity contribution is 0.299. The first-order chi connectivity index (χ1) is 9.26. The summed E-state index contributed by atoms with van der Waals surface area (Å²) in [6.07, 6.45) is 0. The summed E-state index contributed by atoms with van der Waals surface area (Å²) in [6, 6.07) is 8.19. The molecular formula is C14H25N3O2S. The first kappa shape index (κ1) is 16.9. The lowest BCUT2D eigenvalue weighted by Crippen LogP contribution is -2.35. The van der Waals surface area contributed by atoms with Crippen molar-refractivity contribution in [2.24, 2.45) is 0 Å². The third kappa shape index (κ3) is 4.77. The molecule has 1 atom stereocenters. The number of hydrogen-bond donors (Lipinski definition) is 1. The van der Waals surface area contributed by atoms with E-state index in [2.05, 4.69) is 4.72 Å². The molecule has 1 N–H and O–H groups in total. The molecular weight excluding hydrogens is 274 g/mol. The van der Waals surface area contributed by atoms with Crippen molar-refractivity contribution in [2.45, 2.75) is 13.0 Å². The SMILES string of the molecule is CCS(=O)(=O)NCC(c1ccc(N(C)C)cc1)N(C)C. The number of nitrogens with zero attached hydrogens (tertiary/aromatic N) is 2. The van der Waals surface area contributed by atoms with E-state index >= 15 is 0 Å². The molecule has 0 aliphatic rings. The molecule has 0 radical (unpaired) electrons. The van der Waals surface area contributed by atoms with Crippen molar-refractivity contribution in [3.8, 4) is 0 Å². The number of rotatable bonds is 7. The van der Waals surface area contributed by atoms with Crippen LogP contribution in [-0.2, 0) is 10.0 Å². The normalized spacial score (nSPS) is 13.5. The van der Waals surface area contributed by atoms with Crippen molar-refractivity contribution in [3.05, 3.63) is 29.8 Å². The molecule has 1 unspecified atom stereocenters. The first-order valence-corrected chi connectivity index (χ1v) is 8.33. The van der Waals surface area contributed by atoms with Crippen molar-refractivity contribution < 1.29 is 8.42 Å². The fourth-order valence-electron chi connectivity index (χ4n) is 1.90. The molecule has 1 rings (SSSR count). The predicted molar refractivity (Wildman–Crippen MR) is 84.7 cm³/mol. The van der Waals surface area contributed by atoms with Crippen LogP contribution < -0.4 is 9.62 Å². The topological polar surface area (TPSA) is 52.7 Å². The third-order valence-electron chi connectivity index (χ3n) is 3.29. The van der Waals surface area contributed by atoms with Crippen LogP contribution in [0.4, 0.5) is 5.69 Å². The Morgan fingerprint density at radius 2 is 1.65 bits per heavy atom. The van der Waals surface area contributed by atoms with Crippen LogP contribution in [0.5, 0.6) is 0 Å². The summed E-state index contributed by atoms with van der Waals surface area (Å²) in [6.45, 7) is 2.02. The molecule has 0 saturated carbocycles. The van der Waals surface area contributed by atoms with Gasteiger partial charge in [-0.15, -0.1) is 0 Å². The van der Waals surface area contributed by atoms with E-state index < -0.39 is 10.0 Å². The summed E-state index contributed by atoms with van der Waals surface area (Å²) >= 11 is 0. The number of anilines is 1. The highest BCUT2D eigenvalue weighted by atomic mass is 32.2. The van der Waals surface area contributed by atoms with Gasteiger partial charge in [0.15, 0.2) is 0 Å². The van der Waals surface area contributed by atoms with Gasteiger partial charge in [0, 0.05) is 32.4 Å². The second kappa shape index (κ2) is 7.06. The minimum absolute atomic E-state index is 0.0209. The van der Waals surface area contributed by atoms with Crippen molar-refractivity contribution in [1.82, 2.24) is 9.62 Å². The van der Waals surface area contributed by atoms with Gasteiger partial charge in [-0.05, 0) is 38.7 Å². The minimum Gasteiger partial charge on any atom is -0.378 e. The molecule has 114 valence electrons. The largest absolute Gasteiger partial charge is 0.378 e. The molecule has 0 bridgehead atoms. The van der Waals surface area contributed by atoms with Gasteiger partial charge in [-0.25, -0.2) is 13.1 Å². The van der Waals surface area contributed by atoms with E-state index in [-0.39, 0.29) is 11.8 Å². The summed E-state index contributed by atoms with van der Waals surface area (Å²) in [5.74, 6) is 0.104. The van der Waals surface area contributed by atoms with Crippen LogP contribution in [-0.4, -0.2) is 53.8 Å². The van der Waals surface area contributed by atoms with E-state index in [0.29, 0.717) is 6.54 Å². The van der Waals surface area contributed by atoms with Crippen LogP contribution in [0.1, 0.15) is 18.5 Å². The van der Waals surface area contributed by atoms with E-state index in [0.717, 1.165) is 11.3 Å². The van der Waals surface area contributed by atoms with Gasteiger partial charge in [0.05, 0.1) is 5.75 Å². The van der Waals surface area contributed by atoms with Gasteiger partial charge in [-0.1, -0.05) is 12.1 Å². The monoisotopic (exact) mass is 299 g/mol. The van der Waals surface area contributed by atoms with Crippen LogP contribution in [0.3, 0.4) is 0 Å². The third-order valence-corrected chi connectivity index (χ3v) is 4.66. The Morgan fingerprint density at radius 3 is 2.05 bits per heavy atom. The van der Waals surface area contributed by atoms with Gasteiger partial charge < -0.3 is 9.80 Å². The average Bonchev–Trinajstić information content (AvgIpc) is 2.39. The van der Waals surface area contributed by atoms with E-state index in [9.17, 15) is 8.42 Å². The zero-order valence-electron chi connectivity index (χ0n) is 12.9. The molecule has 1 aromatic rings. The van der Waals surface area contributed by atoms with Crippen LogP contribution in [0, 0.1) is 0 Å². The van der Waals surface area contributed by atoms with Crippen molar-refractivity contribution in [1.29, 1.82) is 0 Å². The fourth-order valence-corrected chi connectivity index (χ4v) is 2.52. The predicted octanol–water partition coefficient (Wildman–Crippen LogP) is 1.29. The van der Waals surface area contributed by atoms with Gasteiger partial charge in [0.25, 0.3) is 0 Å². The molecule has 0 saturated heterocycles. The smallest absolute Gasteiger partial charge is 0.211 e. The fraction of sp³-hybridized carbons (Fsp3) is 0.571. The quantitative estimate of drug-likeness (QED) is 0.824. The second-order valence-corrected chi connectivity index (χ2v) is 7.31. The maximum atomic E-state index is 11.6. The van der Waals surface area contributed by atoms with Crippen LogP contribution in [0.25, 0.3) is 0 Å². The Kier molecular flexibility index (Phi) is 5.98. The Hall–Kier alpha value is -1.11. The van der Waals surface area contributed by atoms with E-state index in [1.165, 1.54) is 0 Å². The molecule has 20 heavy (non-hydrogen) atoms. The summed E-state index contributed by atoms with van der Waals surface area (Å²) in [4.78, 5) is 4.05. The Labute approximate surface area is 122 Å². The molecule has 1 aromatic carbocycles. The summed E-state index contributed by atoms with van der Waals surface area (Å²) < 4.78 is 25.8. The lowest BCUT2D eigenvalue weighted by Gasteiger charge is -2.25. The molecule has 0 fully saturated rings. The summed E-state index contributed by atoms with van der Waals surface area (Å²) in [5, 5.41) is 0. The Bertz CT molecular complexity index is 510. The molecule has 6 heteroatoms. The molecule has 0 amide bonds. The second-order valence-electron chi connectivity index (χ2n) is 5.22. The molecule has 5 nitrogen and oxygen atoms in total. The highest BCUT2D eigenvalue weighted by Crippen LogP contribution is 2.21. The van der Waals surface area contributed by atoms with Gasteiger partial charge >= 0.3 is 0 Å². The molecule has 0 aliphatic heterocycles. The zero-order chi connectivity index (χ0) is 15.3. The van der Waals surface area contributed by atoms with Gasteiger partial charge in [-0.3, -0.25) is 0 Å². The van der Waals surface area contributed by atoms with Crippen molar-refractivity contribution in [3.63, 3.8) is 0 Å².